The van der Waals surface area contributed by atoms with E-state index in [9.17, 15) is 4.39 Å². The molecule has 1 aliphatic rings. The van der Waals surface area contributed by atoms with Gasteiger partial charge in [0.1, 0.15) is 6.17 Å². The Balaban J connectivity index is 2.77. The van der Waals surface area contributed by atoms with Gasteiger partial charge in [-0.3, -0.25) is 0 Å². The molecule has 0 amide bonds. The molecule has 0 radical (unpaired) electrons. The molecule has 0 aromatic carbocycles. The summed E-state index contributed by atoms with van der Waals surface area (Å²) in [5, 5.41) is 3.24. The van der Waals surface area contributed by atoms with Crippen LogP contribution in [0.5, 0.6) is 0 Å². The van der Waals surface area contributed by atoms with Crippen molar-refractivity contribution in [2.75, 3.05) is 27.2 Å². The Bertz CT molecular complexity index is 286. The fourth-order valence-corrected chi connectivity index (χ4v) is 1.91. The van der Waals surface area contributed by atoms with E-state index in [0.29, 0.717) is 5.70 Å². The second-order valence-corrected chi connectivity index (χ2v) is 4.53. The van der Waals surface area contributed by atoms with Crippen molar-refractivity contribution in [3.63, 3.8) is 0 Å². The van der Waals surface area contributed by atoms with E-state index in [-0.39, 0.29) is 0 Å². The van der Waals surface area contributed by atoms with Gasteiger partial charge in [0.2, 0.25) is 0 Å². The molecule has 2 unspecified atom stereocenters. The van der Waals surface area contributed by atoms with E-state index in [2.05, 4.69) is 10.2 Å². The molecule has 0 aromatic heterocycles. The zero-order chi connectivity index (χ0) is 12.2. The van der Waals surface area contributed by atoms with Crippen molar-refractivity contribution in [2.45, 2.75) is 25.1 Å². The first kappa shape index (κ1) is 13.2. The molecule has 4 heteroatoms. The largest absolute Gasteiger partial charge is 0.399 e. The van der Waals surface area contributed by atoms with Crippen LogP contribution in [0.3, 0.4) is 0 Å². The highest BCUT2D eigenvalue weighted by Gasteiger charge is 2.36. The molecule has 2 atom stereocenters. The lowest BCUT2D eigenvalue weighted by atomic mass is 9.85. The molecule has 0 bridgehead atoms. The Kier molecular flexibility index (Phi) is 4.50. The summed E-state index contributed by atoms with van der Waals surface area (Å²) in [6.45, 7) is 3.57. The van der Waals surface area contributed by atoms with Crippen LogP contribution >= 0.6 is 0 Å². The molecular formula is C12H22FN3. The average molecular weight is 227 g/mol. The quantitative estimate of drug-likeness (QED) is 0.737. The second kappa shape index (κ2) is 5.46. The van der Waals surface area contributed by atoms with Crippen molar-refractivity contribution in [3.8, 4) is 0 Å². The number of allylic oxidation sites excluding steroid dienone is 1. The van der Waals surface area contributed by atoms with E-state index >= 15 is 0 Å². The lowest BCUT2D eigenvalue weighted by Gasteiger charge is -2.36. The van der Waals surface area contributed by atoms with Crippen LogP contribution in [0.1, 0.15) is 13.3 Å². The zero-order valence-electron chi connectivity index (χ0n) is 10.3. The van der Waals surface area contributed by atoms with Crippen LogP contribution in [0.25, 0.3) is 0 Å². The predicted molar refractivity (Wildman–Crippen MR) is 65.9 cm³/mol. The molecule has 1 aliphatic carbocycles. The average Bonchev–Trinajstić information content (AvgIpc) is 2.21. The molecule has 3 N–H and O–H groups in total. The lowest BCUT2D eigenvalue weighted by Crippen LogP contribution is -2.53. The van der Waals surface area contributed by atoms with E-state index < -0.39 is 11.7 Å². The van der Waals surface area contributed by atoms with E-state index in [0.717, 1.165) is 19.5 Å². The third kappa shape index (κ3) is 3.06. The Morgan fingerprint density at radius 3 is 2.75 bits per heavy atom. The molecule has 0 saturated heterocycles. The lowest BCUT2D eigenvalue weighted by molar-refractivity contribution is 0.201. The van der Waals surface area contributed by atoms with Crippen molar-refractivity contribution in [1.29, 1.82) is 0 Å². The topological polar surface area (TPSA) is 41.3 Å². The number of likely N-dealkylation sites (N-methyl/N-ethyl adjacent to an activating group) is 1. The minimum atomic E-state index is -1.06. The van der Waals surface area contributed by atoms with Crippen molar-refractivity contribution >= 4 is 0 Å². The maximum Gasteiger partial charge on any atom is 0.142 e. The Morgan fingerprint density at radius 1 is 1.56 bits per heavy atom. The Morgan fingerprint density at radius 2 is 2.25 bits per heavy atom. The first-order chi connectivity index (χ1) is 7.50. The smallest absolute Gasteiger partial charge is 0.142 e. The van der Waals surface area contributed by atoms with Gasteiger partial charge in [-0.25, -0.2) is 4.39 Å². The fourth-order valence-electron chi connectivity index (χ4n) is 1.91. The maximum atomic E-state index is 14.1. The molecule has 0 aromatic rings. The van der Waals surface area contributed by atoms with Crippen LogP contribution < -0.4 is 11.1 Å². The molecule has 92 valence electrons. The third-order valence-electron chi connectivity index (χ3n) is 2.88. The second-order valence-electron chi connectivity index (χ2n) is 4.53. The summed E-state index contributed by atoms with van der Waals surface area (Å²) >= 11 is 0. The summed E-state index contributed by atoms with van der Waals surface area (Å²) in [5.41, 5.74) is 5.50. The standard InChI is InChI=1S/C12H22FN3/c1-4-15-12(7-8-16(2)3)6-5-10(14)9-11(12)13/h5-6,9,11,15H,4,7-8,14H2,1-3H3. The predicted octanol–water partition coefficient (Wildman–Crippen LogP) is 1.04. The van der Waals surface area contributed by atoms with Gasteiger partial charge in [-0.1, -0.05) is 13.0 Å². The first-order valence-electron chi connectivity index (χ1n) is 5.70. The van der Waals surface area contributed by atoms with Crippen LogP contribution in [0.2, 0.25) is 0 Å². The van der Waals surface area contributed by atoms with E-state index in [1.54, 1.807) is 6.08 Å². The van der Waals surface area contributed by atoms with Crippen LogP contribution in [-0.2, 0) is 0 Å². The number of nitrogens with one attached hydrogen (secondary N) is 1. The van der Waals surface area contributed by atoms with Gasteiger partial charge in [0, 0.05) is 5.70 Å². The van der Waals surface area contributed by atoms with Crippen molar-refractivity contribution in [3.05, 3.63) is 23.9 Å². The number of alkyl halides is 1. The zero-order valence-corrected chi connectivity index (χ0v) is 10.3. The minimum Gasteiger partial charge on any atom is -0.399 e. The first-order valence-corrected chi connectivity index (χ1v) is 5.70. The normalized spacial score (nSPS) is 29.6. The van der Waals surface area contributed by atoms with Crippen molar-refractivity contribution in [2.24, 2.45) is 5.73 Å². The summed E-state index contributed by atoms with van der Waals surface area (Å²) < 4.78 is 14.1. The summed E-state index contributed by atoms with van der Waals surface area (Å²) in [6.07, 6.45) is 4.81. The highest BCUT2D eigenvalue weighted by molar-refractivity contribution is 5.31. The number of hydrogen-bond acceptors (Lipinski definition) is 3. The van der Waals surface area contributed by atoms with Gasteiger partial charge in [0.25, 0.3) is 0 Å². The molecular weight excluding hydrogens is 205 g/mol. The molecule has 0 saturated carbocycles. The summed E-state index contributed by atoms with van der Waals surface area (Å²) in [6, 6.07) is 0. The van der Waals surface area contributed by atoms with Gasteiger partial charge in [-0.2, -0.15) is 0 Å². The molecule has 1 rings (SSSR count). The number of halogens is 1. The van der Waals surface area contributed by atoms with Gasteiger partial charge in [-0.05, 0) is 45.8 Å². The van der Waals surface area contributed by atoms with Crippen LogP contribution in [0.4, 0.5) is 4.39 Å². The van der Waals surface area contributed by atoms with Crippen LogP contribution in [-0.4, -0.2) is 43.8 Å². The van der Waals surface area contributed by atoms with E-state index in [1.165, 1.54) is 6.08 Å². The Hall–Kier alpha value is -0.870. The van der Waals surface area contributed by atoms with Crippen molar-refractivity contribution < 1.29 is 4.39 Å². The SMILES string of the molecule is CCNC1(CCN(C)C)C=CC(N)=CC1F. The summed E-state index contributed by atoms with van der Waals surface area (Å²) in [4.78, 5) is 2.06. The third-order valence-corrected chi connectivity index (χ3v) is 2.88. The highest BCUT2D eigenvalue weighted by Crippen LogP contribution is 2.26. The molecule has 16 heavy (non-hydrogen) atoms. The monoisotopic (exact) mass is 227 g/mol. The minimum absolute atomic E-state index is 0.505. The Labute approximate surface area is 97.2 Å². The molecule has 3 nitrogen and oxygen atoms in total. The van der Waals surface area contributed by atoms with E-state index in [4.69, 9.17) is 5.73 Å². The molecule has 0 heterocycles. The number of hydrogen-bond donors (Lipinski definition) is 2. The van der Waals surface area contributed by atoms with E-state index in [1.807, 2.05) is 27.1 Å². The summed E-state index contributed by atoms with van der Waals surface area (Å²) in [5.74, 6) is 0. The fraction of sp³-hybridized carbons (Fsp3) is 0.667. The maximum absolute atomic E-state index is 14.1. The summed E-state index contributed by atoms with van der Waals surface area (Å²) in [7, 11) is 3.98. The number of nitrogens with zero attached hydrogens (tertiary/aromatic N) is 1. The highest BCUT2D eigenvalue weighted by atomic mass is 19.1. The molecule has 0 aliphatic heterocycles. The molecule has 0 fully saturated rings. The van der Waals surface area contributed by atoms with Gasteiger partial charge in [-0.15, -0.1) is 0 Å². The van der Waals surface area contributed by atoms with Crippen LogP contribution in [0, 0.1) is 0 Å². The van der Waals surface area contributed by atoms with Gasteiger partial charge < -0.3 is 16.0 Å². The van der Waals surface area contributed by atoms with Gasteiger partial charge in [0.15, 0.2) is 0 Å². The molecule has 0 spiro atoms. The van der Waals surface area contributed by atoms with Gasteiger partial charge >= 0.3 is 0 Å². The van der Waals surface area contributed by atoms with Crippen LogP contribution in [0.15, 0.2) is 23.9 Å². The van der Waals surface area contributed by atoms with Gasteiger partial charge in [0.05, 0.1) is 5.54 Å². The number of nitrogens with two attached hydrogens (primary N) is 1. The number of rotatable bonds is 5. The van der Waals surface area contributed by atoms with Crippen molar-refractivity contribution in [1.82, 2.24) is 10.2 Å².